The SMILES string of the molecule is COc1ccc(-c2nc(C)c(C(=O)N3CCN(C4CCCC4)CC3)s2)c(C)c1. The third-order valence-corrected chi connectivity index (χ3v) is 7.28. The first kappa shape index (κ1) is 19.4. The minimum atomic E-state index is 0.137. The van der Waals surface area contributed by atoms with Gasteiger partial charge in [-0.2, -0.15) is 0 Å². The van der Waals surface area contributed by atoms with Crippen LogP contribution in [0.2, 0.25) is 0 Å². The molecule has 1 amide bonds. The molecule has 1 aromatic heterocycles. The zero-order valence-electron chi connectivity index (χ0n) is 17.0. The number of nitrogens with zero attached hydrogens (tertiary/aromatic N) is 3. The number of thiazole rings is 1. The minimum absolute atomic E-state index is 0.137. The average molecular weight is 400 g/mol. The van der Waals surface area contributed by atoms with Crippen molar-refractivity contribution in [2.75, 3.05) is 33.3 Å². The largest absolute Gasteiger partial charge is 0.497 e. The third kappa shape index (κ3) is 3.80. The fourth-order valence-electron chi connectivity index (χ4n) is 4.42. The molecule has 0 atom stereocenters. The van der Waals surface area contributed by atoms with Gasteiger partial charge in [-0.15, -0.1) is 11.3 Å². The van der Waals surface area contributed by atoms with E-state index in [1.807, 2.05) is 30.0 Å². The summed E-state index contributed by atoms with van der Waals surface area (Å²) in [6, 6.07) is 6.73. The Hall–Kier alpha value is -1.92. The highest BCUT2D eigenvalue weighted by molar-refractivity contribution is 7.17. The monoisotopic (exact) mass is 399 g/mol. The van der Waals surface area contributed by atoms with Gasteiger partial charge in [0.25, 0.3) is 5.91 Å². The molecule has 0 unspecified atom stereocenters. The van der Waals surface area contributed by atoms with E-state index in [2.05, 4.69) is 11.8 Å². The molecule has 28 heavy (non-hydrogen) atoms. The molecule has 0 radical (unpaired) electrons. The van der Waals surface area contributed by atoms with Crippen molar-refractivity contribution in [2.45, 2.75) is 45.6 Å². The molecule has 2 heterocycles. The lowest BCUT2D eigenvalue weighted by molar-refractivity contribution is 0.0577. The minimum Gasteiger partial charge on any atom is -0.497 e. The number of aromatic nitrogens is 1. The maximum Gasteiger partial charge on any atom is 0.265 e. The average Bonchev–Trinajstić information content (AvgIpc) is 3.37. The maximum absolute atomic E-state index is 13.1. The van der Waals surface area contributed by atoms with Gasteiger partial charge in [-0.1, -0.05) is 12.8 Å². The van der Waals surface area contributed by atoms with Gasteiger partial charge in [0.05, 0.1) is 12.8 Å². The molecule has 1 saturated heterocycles. The standard InChI is InChI=1S/C22H29N3O2S/c1-15-14-18(27-3)8-9-19(15)21-23-16(2)20(28-21)22(26)25-12-10-24(11-13-25)17-6-4-5-7-17/h8-9,14,17H,4-7,10-13H2,1-3H3. The number of hydrogen-bond acceptors (Lipinski definition) is 5. The first-order chi connectivity index (χ1) is 13.6. The first-order valence-corrected chi connectivity index (χ1v) is 11.0. The predicted octanol–water partition coefficient (Wildman–Crippen LogP) is 4.14. The molecular formula is C22H29N3O2S. The van der Waals surface area contributed by atoms with Gasteiger partial charge in [-0.05, 0) is 50.5 Å². The van der Waals surface area contributed by atoms with Gasteiger partial charge in [0, 0.05) is 37.8 Å². The molecule has 0 bridgehead atoms. The normalized spacial score (nSPS) is 18.6. The molecule has 1 aliphatic heterocycles. The highest BCUT2D eigenvalue weighted by Crippen LogP contribution is 2.33. The number of amides is 1. The van der Waals surface area contributed by atoms with Crippen molar-refractivity contribution in [3.05, 3.63) is 34.3 Å². The van der Waals surface area contributed by atoms with Crippen LogP contribution in [-0.4, -0.2) is 60.0 Å². The van der Waals surface area contributed by atoms with Crippen LogP contribution >= 0.6 is 11.3 Å². The van der Waals surface area contributed by atoms with Crippen LogP contribution in [0.5, 0.6) is 5.75 Å². The summed E-state index contributed by atoms with van der Waals surface area (Å²) in [5.41, 5.74) is 3.01. The van der Waals surface area contributed by atoms with E-state index in [9.17, 15) is 4.79 Å². The number of piperazine rings is 1. The third-order valence-electron chi connectivity index (χ3n) is 6.10. The molecule has 2 fully saturated rings. The second-order valence-electron chi connectivity index (χ2n) is 7.88. The van der Waals surface area contributed by atoms with E-state index in [-0.39, 0.29) is 5.91 Å². The Kier molecular flexibility index (Phi) is 5.69. The van der Waals surface area contributed by atoms with E-state index in [0.29, 0.717) is 0 Å². The van der Waals surface area contributed by atoms with E-state index in [4.69, 9.17) is 9.72 Å². The number of carbonyl (C=O) groups is 1. The Morgan fingerprint density at radius 2 is 1.86 bits per heavy atom. The fourth-order valence-corrected chi connectivity index (χ4v) is 5.54. The molecule has 0 N–H and O–H groups in total. The number of aryl methyl sites for hydroxylation is 2. The van der Waals surface area contributed by atoms with Crippen LogP contribution in [0.15, 0.2) is 18.2 Å². The fraction of sp³-hybridized carbons (Fsp3) is 0.545. The zero-order chi connectivity index (χ0) is 19.7. The summed E-state index contributed by atoms with van der Waals surface area (Å²) in [5.74, 6) is 0.976. The topological polar surface area (TPSA) is 45.7 Å². The number of ether oxygens (including phenoxy) is 1. The first-order valence-electron chi connectivity index (χ1n) is 10.2. The molecule has 1 aliphatic carbocycles. The lowest BCUT2D eigenvalue weighted by atomic mass is 10.1. The van der Waals surface area contributed by atoms with Crippen LogP contribution in [0.4, 0.5) is 0 Å². The van der Waals surface area contributed by atoms with Gasteiger partial charge in [0.15, 0.2) is 0 Å². The Bertz CT molecular complexity index is 849. The lowest BCUT2D eigenvalue weighted by Crippen LogP contribution is -2.51. The molecule has 0 spiro atoms. The predicted molar refractivity (Wildman–Crippen MR) is 113 cm³/mol. The van der Waals surface area contributed by atoms with E-state index >= 15 is 0 Å². The van der Waals surface area contributed by atoms with Gasteiger partial charge in [-0.25, -0.2) is 4.98 Å². The highest BCUT2D eigenvalue weighted by Gasteiger charge is 2.29. The summed E-state index contributed by atoms with van der Waals surface area (Å²) in [6.45, 7) is 7.64. The van der Waals surface area contributed by atoms with Gasteiger partial charge in [-0.3, -0.25) is 9.69 Å². The Balaban J connectivity index is 1.47. The van der Waals surface area contributed by atoms with Crippen LogP contribution < -0.4 is 4.74 Å². The molecule has 1 saturated carbocycles. The molecule has 2 aromatic rings. The van der Waals surface area contributed by atoms with Crippen LogP contribution in [0.3, 0.4) is 0 Å². The Labute approximate surface area is 171 Å². The van der Waals surface area contributed by atoms with E-state index in [0.717, 1.165) is 64.7 Å². The molecule has 1 aromatic carbocycles. The van der Waals surface area contributed by atoms with Crippen LogP contribution in [0.1, 0.15) is 46.6 Å². The van der Waals surface area contributed by atoms with Crippen molar-refractivity contribution in [3.63, 3.8) is 0 Å². The zero-order valence-corrected chi connectivity index (χ0v) is 17.8. The molecule has 4 rings (SSSR count). The van der Waals surface area contributed by atoms with Crippen molar-refractivity contribution in [1.29, 1.82) is 0 Å². The highest BCUT2D eigenvalue weighted by atomic mass is 32.1. The van der Waals surface area contributed by atoms with Crippen LogP contribution in [-0.2, 0) is 0 Å². The smallest absolute Gasteiger partial charge is 0.265 e. The number of carbonyl (C=O) groups excluding carboxylic acids is 1. The molecule has 5 nitrogen and oxygen atoms in total. The number of methoxy groups -OCH3 is 1. The van der Waals surface area contributed by atoms with Crippen molar-refractivity contribution in [1.82, 2.24) is 14.8 Å². The Morgan fingerprint density at radius 3 is 2.50 bits per heavy atom. The van der Waals surface area contributed by atoms with Gasteiger partial charge >= 0.3 is 0 Å². The van der Waals surface area contributed by atoms with Gasteiger partial charge < -0.3 is 9.64 Å². The second-order valence-corrected chi connectivity index (χ2v) is 8.88. The van der Waals surface area contributed by atoms with Crippen molar-refractivity contribution >= 4 is 17.2 Å². The lowest BCUT2D eigenvalue weighted by Gasteiger charge is -2.37. The number of hydrogen-bond donors (Lipinski definition) is 0. The Morgan fingerprint density at radius 1 is 1.14 bits per heavy atom. The molecule has 2 aliphatic rings. The quantitative estimate of drug-likeness (QED) is 0.775. The second kappa shape index (κ2) is 8.21. The van der Waals surface area contributed by atoms with E-state index < -0.39 is 0 Å². The van der Waals surface area contributed by atoms with Crippen molar-refractivity contribution < 1.29 is 9.53 Å². The summed E-state index contributed by atoms with van der Waals surface area (Å²) >= 11 is 1.51. The summed E-state index contributed by atoms with van der Waals surface area (Å²) < 4.78 is 5.30. The summed E-state index contributed by atoms with van der Waals surface area (Å²) in [6.07, 6.45) is 5.37. The van der Waals surface area contributed by atoms with Gasteiger partial charge in [0.1, 0.15) is 15.6 Å². The molecule has 6 heteroatoms. The molecular weight excluding hydrogens is 370 g/mol. The maximum atomic E-state index is 13.1. The number of rotatable bonds is 4. The van der Waals surface area contributed by atoms with Crippen molar-refractivity contribution in [3.8, 4) is 16.3 Å². The van der Waals surface area contributed by atoms with E-state index in [1.165, 1.54) is 37.0 Å². The van der Waals surface area contributed by atoms with Crippen LogP contribution in [0, 0.1) is 13.8 Å². The summed E-state index contributed by atoms with van der Waals surface area (Å²) in [4.78, 5) is 23.2. The summed E-state index contributed by atoms with van der Waals surface area (Å²) in [5, 5.41) is 0.908. The van der Waals surface area contributed by atoms with Crippen molar-refractivity contribution in [2.24, 2.45) is 0 Å². The molecule has 150 valence electrons. The number of benzene rings is 1. The summed E-state index contributed by atoms with van der Waals surface area (Å²) in [7, 11) is 1.67. The van der Waals surface area contributed by atoms with E-state index in [1.54, 1.807) is 7.11 Å². The van der Waals surface area contributed by atoms with Gasteiger partial charge in [0.2, 0.25) is 0 Å². The van der Waals surface area contributed by atoms with Crippen LogP contribution in [0.25, 0.3) is 10.6 Å².